The van der Waals surface area contributed by atoms with Crippen LogP contribution in [0.4, 0.5) is 0 Å². The normalized spacial score (nSPS) is 11.1. The number of halogens is 1. The second kappa shape index (κ2) is 6.58. The molecule has 1 rings (SSSR count). The first-order valence-corrected chi connectivity index (χ1v) is 8.99. The van der Waals surface area contributed by atoms with Crippen molar-refractivity contribution in [3.8, 4) is 5.75 Å². The van der Waals surface area contributed by atoms with E-state index < -0.39 is 27.6 Å². The molecule has 0 aliphatic rings. The smallest absolute Gasteiger partial charge is 0.466 e. The highest BCUT2D eigenvalue weighted by Crippen LogP contribution is 2.34. The lowest BCUT2D eigenvalue weighted by molar-refractivity contribution is 0.275. The van der Waals surface area contributed by atoms with Crippen LogP contribution in [-0.2, 0) is 10.7 Å². The van der Waals surface area contributed by atoms with Gasteiger partial charge in [-0.3, -0.25) is 0 Å². The van der Waals surface area contributed by atoms with E-state index in [1.807, 2.05) is 6.92 Å². The Balaban J connectivity index is 0.000000494. The van der Waals surface area contributed by atoms with E-state index in [0.717, 1.165) is 5.56 Å². The SMILES string of the molecule is Cc1cc(C)c(I(=O)=O)c(O)c1C.O=P(O)(O)O. The number of phenols is 1. The molecule has 0 unspecified atom stereocenters. The van der Waals surface area contributed by atoms with Crippen LogP contribution in [0.15, 0.2) is 6.07 Å². The number of phosphoric acid groups is 1. The third-order valence-electron chi connectivity index (χ3n) is 2.09. The summed E-state index contributed by atoms with van der Waals surface area (Å²) in [5.74, 6) is -0.0762. The quantitative estimate of drug-likeness (QED) is 0.423. The minimum Gasteiger partial charge on any atom is -0.506 e. The Morgan fingerprint density at radius 3 is 1.78 bits per heavy atom. The first kappa shape index (κ1) is 17.5. The molecule has 0 aliphatic heterocycles. The molecule has 0 saturated heterocycles. The van der Waals surface area contributed by atoms with E-state index in [4.69, 9.17) is 19.2 Å². The Bertz CT molecular complexity index is 542. The highest BCUT2D eigenvalue weighted by Gasteiger charge is 2.14. The standard InChI is InChI=1S/C9H11IO3.H3O4P/c1-5-4-6(2)8(10(12)13)9(11)7(5)3;1-5(2,3)4/h4,11H,1-3H3;(H3,1,2,3,4). The molecule has 0 fully saturated rings. The minimum atomic E-state index is -4.64. The fourth-order valence-corrected chi connectivity index (χ4v) is 2.90. The molecule has 0 amide bonds. The number of aryl methyl sites for hydroxylation is 2. The number of phenolic OH excluding ortho intramolecular Hbond substituents is 1. The van der Waals surface area contributed by atoms with E-state index in [9.17, 15) is 11.2 Å². The van der Waals surface area contributed by atoms with Gasteiger partial charge in [-0.15, -0.1) is 0 Å². The van der Waals surface area contributed by atoms with Gasteiger partial charge in [0, 0.05) is 0 Å². The highest BCUT2D eigenvalue weighted by atomic mass is 127. The summed E-state index contributed by atoms with van der Waals surface area (Å²) in [6.07, 6.45) is 0. The second-order valence-corrected chi connectivity index (χ2v) is 6.87. The maximum Gasteiger partial charge on any atom is 0.466 e. The molecule has 0 aliphatic carbocycles. The first-order chi connectivity index (χ1) is 7.95. The van der Waals surface area contributed by atoms with Gasteiger partial charge < -0.3 is 19.8 Å². The van der Waals surface area contributed by atoms with Crippen LogP contribution in [0.25, 0.3) is 0 Å². The van der Waals surface area contributed by atoms with Crippen molar-refractivity contribution in [2.75, 3.05) is 0 Å². The Labute approximate surface area is 111 Å². The second-order valence-electron chi connectivity index (χ2n) is 3.53. The number of hydrogen-bond acceptors (Lipinski definition) is 4. The van der Waals surface area contributed by atoms with Crippen LogP contribution in [0.3, 0.4) is 0 Å². The summed E-state index contributed by atoms with van der Waals surface area (Å²) in [5, 5.41) is 9.57. The van der Waals surface area contributed by atoms with Crippen molar-refractivity contribution in [3.05, 3.63) is 26.3 Å². The summed E-state index contributed by atoms with van der Waals surface area (Å²) < 4.78 is 30.8. The van der Waals surface area contributed by atoms with Crippen LogP contribution < -0.4 is 0 Å². The van der Waals surface area contributed by atoms with Gasteiger partial charge in [0.05, 0.1) is 0 Å². The van der Waals surface area contributed by atoms with Gasteiger partial charge >= 0.3 is 27.6 Å². The minimum absolute atomic E-state index is 0.0762. The summed E-state index contributed by atoms with van der Waals surface area (Å²) >= 11 is -3.57. The van der Waals surface area contributed by atoms with Crippen LogP contribution in [-0.4, -0.2) is 19.8 Å². The van der Waals surface area contributed by atoms with Gasteiger partial charge in [0.2, 0.25) is 0 Å². The number of benzene rings is 1. The zero-order valence-electron chi connectivity index (χ0n) is 9.92. The van der Waals surface area contributed by atoms with Crippen LogP contribution in [0.2, 0.25) is 0 Å². The number of hydrogen-bond donors (Lipinski definition) is 4. The Morgan fingerprint density at radius 2 is 1.44 bits per heavy atom. The lowest BCUT2D eigenvalue weighted by Crippen LogP contribution is -1.90. The highest BCUT2D eigenvalue weighted by molar-refractivity contribution is 14.2. The summed E-state index contributed by atoms with van der Waals surface area (Å²) in [7, 11) is -4.64. The molecule has 0 bridgehead atoms. The van der Waals surface area contributed by atoms with Crippen molar-refractivity contribution in [2.24, 2.45) is 0 Å². The van der Waals surface area contributed by atoms with Gasteiger partial charge in [0.25, 0.3) is 0 Å². The van der Waals surface area contributed by atoms with Crippen molar-refractivity contribution in [3.63, 3.8) is 0 Å². The zero-order valence-corrected chi connectivity index (χ0v) is 13.0. The van der Waals surface area contributed by atoms with Crippen molar-refractivity contribution in [1.82, 2.24) is 0 Å². The molecule has 0 spiro atoms. The molecular formula is C9H14IO7P. The lowest BCUT2D eigenvalue weighted by Gasteiger charge is -2.07. The molecule has 0 saturated carbocycles. The van der Waals surface area contributed by atoms with Crippen LogP contribution >= 0.6 is 27.6 Å². The third-order valence-corrected chi connectivity index (χ3v) is 4.33. The van der Waals surface area contributed by atoms with Crippen molar-refractivity contribution >= 4 is 27.6 Å². The molecule has 0 atom stereocenters. The number of rotatable bonds is 1. The maximum atomic E-state index is 10.9. The molecule has 1 aromatic carbocycles. The molecule has 4 N–H and O–H groups in total. The predicted octanol–water partition coefficient (Wildman–Crippen LogP) is 1.76. The summed E-state index contributed by atoms with van der Waals surface area (Å²) in [4.78, 5) is 21.6. The Hall–Kier alpha value is -0.540. The van der Waals surface area contributed by atoms with E-state index in [-0.39, 0.29) is 9.32 Å². The molecule has 18 heavy (non-hydrogen) atoms. The molecule has 0 radical (unpaired) electrons. The molecule has 104 valence electrons. The van der Waals surface area contributed by atoms with Crippen LogP contribution in [0.5, 0.6) is 5.75 Å². The average molecular weight is 392 g/mol. The fourth-order valence-electron chi connectivity index (χ4n) is 1.23. The average Bonchev–Trinajstić information content (AvgIpc) is 2.10. The van der Waals surface area contributed by atoms with Gasteiger partial charge in [-0.05, 0) is 37.5 Å². The van der Waals surface area contributed by atoms with E-state index in [1.165, 1.54) is 0 Å². The topological polar surface area (TPSA) is 132 Å². The third kappa shape index (κ3) is 5.87. The van der Waals surface area contributed by atoms with Gasteiger partial charge in [0.1, 0.15) is 9.32 Å². The van der Waals surface area contributed by atoms with Crippen molar-refractivity contribution in [1.29, 1.82) is 0 Å². The Kier molecular flexibility index (Phi) is 6.38. The van der Waals surface area contributed by atoms with Crippen LogP contribution in [0, 0.1) is 24.3 Å². The molecule has 9 heteroatoms. The summed E-state index contributed by atoms with van der Waals surface area (Å²) in [6.45, 7) is 5.26. The molecular weight excluding hydrogens is 378 g/mol. The fraction of sp³-hybridized carbons (Fsp3) is 0.333. The Morgan fingerprint density at radius 1 is 1.06 bits per heavy atom. The lowest BCUT2D eigenvalue weighted by atomic mass is 10.1. The van der Waals surface area contributed by atoms with E-state index in [1.54, 1.807) is 19.9 Å². The summed E-state index contributed by atoms with van der Waals surface area (Å²) in [5.41, 5.74) is 2.20. The van der Waals surface area contributed by atoms with E-state index >= 15 is 0 Å². The summed E-state index contributed by atoms with van der Waals surface area (Å²) in [6, 6.07) is 1.78. The maximum absolute atomic E-state index is 10.9. The predicted molar refractivity (Wildman–Crippen MR) is 70.7 cm³/mol. The zero-order chi connectivity index (χ0) is 14.7. The largest absolute Gasteiger partial charge is 0.506 e. The van der Waals surface area contributed by atoms with Crippen molar-refractivity contribution < 1.29 is 30.5 Å². The number of aromatic hydroxyl groups is 1. The molecule has 1 aromatic rings. The van der Waals surface area contributed by atoms with Gasteiger partial charge in [-0.1, -0.05) is 6.07 Å². The molecule has 7 nitrogen and oxygen atoms in total. The van der Waals surface area contributed by atoms with E-state index in [0.29, 0.717) is 11.1 Å². The van der Waals surface area contributed by atoms with Gasteiger partial charge in [0.15, 0.2) is 0 Å². The van der Waals surface area contributed by atoms with Crippen molar-refractivity contribution in [2.45, 2.75) is 20.8 Å². The first-order valence-electron chi connectivity index (χ1n) is 4.58. The van der Waals surface area contributed by atoms with Crippen LogP contribution in [0.1, 0.15) is 16.7 Å². The van der Waals surface area contributed by atoms with Gasteiger partial charge in [-0.25, -0.2) is 10.7 Å². The van der Waals surface area contributed by atoms with E-state index in [2.05, 4.69) is 0 Å². The molecule has 0 heterocycles. The van der Waals surface area contributed by atoms with Gasteiger partial charge in [-0.2, -0.15) is 0 Å². The molecule has 0 aromatic heterocycles. The monoisotopic (exact) mass is 392 g/mol.